The van der Waals surface area contributed by atoms with Crippen molar-refractivity contribution in [1.29, 1.82) is 0 Å². The van der Waals surface area contributed by atoms with Gasteiger partial charge in [-0.25, -0.2) is 18.2 Å². The average Bonchev–Trinajstić information content (AvgIpc) is 3.17. The number of rotatable bonds is 6. The number of nitrogens with zero attached hydrogens (tertiary/aromatic N) is 3. The van der Waals surface area contributed by atoms with Gasteiger partial charge in [-0.15, -0.1) is 0 Å². The highest BCUT2D eigenvalue weighted by atomic mass is 19.3. The first-order chi connectivity index (χ1) is 17.4. The summed E-state index contributed by atoms with van der Waals surface area (Å²) < 4.78 is 43.4. The van der Waals surface area contributed by atoms with Gasteiger partial charge >= 0.3 is 0 Å². The number of halogens is 3. The largest absolute Gasteiger partial charge is 0.378 e. The first kappa shape index (κ1) is 26.6. The van der Waals surface area contributed by atoms with Gasteiger partial charge in [0.1, 0.15) is 11.3 Å². The van der Waals surface area contributed by atoms with Crippen LogP contribution >= 0.6 is 0 Å². The van der Waals surface area contributed by atoms with E-state index in [1.165, 1.54) is 32.3 Å². The van der Waals surface area contributed by atoms with Crippen LogP contribution in [0.25, 0.3) is 22.0 Å². The lowest BCUT2D eigenvalue weighted by molar-refractivity contribution is -0.123. The lowest BCUT2D eigenvalue weighted by atomic mass is 9.85. The van der Waals surface area contributed by atoms with Crippen molar-refractivity contribution in [3.8, 4) is 11.1 Å². The number of aromatic nitrogens is 3. The number of anilines is 1. The zero-order valence-electron chi connectivity index (χ0n) is 21.1. The number of benzene rings is 1. The van der Waals surface area contributed by atoms with Gasteiger partial charge in [0.2, 0.25) is 11.8 Å². The molecule has 2 aromatic heterocycles. The Bertz CT molecular complexity index is 1350. The van der Waals surface area contributed by atoms with Crippen molar-refractivity contribution >= 4 is 28.5 Å². The quantitative estimate of drug-likeness (QED) is 0.454. The van der Waals surface area contributed by atoms with Crippen LogP contribution in [0.5, 0.6) is 0 Å². The molecule has 0 aliphatic heterocycles. The van der Waals surface area contributed by atoms with Gasteiger partial charge in [0.15, 0.2) is 11.4 Å². The Morgan fingerprint density at radius 1 is 1.24 bits per heavy atom. The second-order valence-electron chi connectivity index (χ2n) is 9.91. The topological polar surface area (TPSA) is 109 Å². The van der Waals surface area contributed by atoms with Gasteiger partial charge in [-0.2, -0.15) is 5.10 Å². The van der Waals surface area contributed by atoms with E-state index in [1.54, 1.807) is 13.0 Å². The van der Waals surface area contributed by atoms with Gasteiger partial charge in [0.05, 0.1) is 5.69 Å². The van der Waals surface area contributed by atoms with Crippen molar-refractivity contribution in [2.24, 2.45) is 13.0 Å². The zero-order chi connectivity index (χ0) is 27.1. The molecular formula is C26H30F3N5O3. The molecule has 1 fully saturated rings. The summed E-state index contributed by atoms with van der Waals surface area (Å²) in [4.78, 5) is 28.6. The zero-order valence-corrected chi connectivity index (χ0v) is 21.1. The van der Waals surface area contributed by atoms with Crippen LogP contribution in [0.1, 0.15) is 50.8 Å². The van der Waals surface area contributed by atoms with Gasteiger partial charge in [0.25, 0.3) is 6.43 Å². The van der Waals surface area contributed by atoms with Crippen LogP contribution in [0, 0.1) is 18.7 Å². The molecule has 198 valence electrons. The summed E-state index contributed by atoms with van der Waals surface area (Å²) in [5.41, 5.74) is -1.31. The first-order valence-electron chi connectivity index (χ1n) is 12.1. The number of pyridine rings is 1. The van der Waals surface area contributed by atoms with Gasteiger partial charge < -0.3 is 15.7 Å². The number of hydrogen-bond donors (Lipinski definition) is 3. The van der Waals surface area contributed by atoms with E-state index in [0.29, 0.717) is 29.5 Å². The highest BCUT2D eigenvalue weighted by Crippen LogP contribution is 2.37. The molecule has 4 rings (SSSR count). The van der Waals surface area contributed by atoms with E-state index >= 15 is 4.39 Å². The third-order valence-electron chi connectivity index (χ3n) is 6.91. The minimum atomic E-state index is -3.12. The van der Waals surface area contributed by atoms with Crippen LogP contribution in [0.3, 0.4) is 0 Å². The molecule has 3 atom stereocenters. The fraction of sp³-hybridized carbons (Fsp3) is 0.462. The molecule has 1 saturated carbocycles. The van der Waals surface area contributed by atoms with Crippen molar-refractivity contribution in [3.05, 3.63) is 41.5 Å². The normalized spacial score (nSPS) is 19.6. The minimum absolute atomic E-state index is 0.0580. The Kier molecular flexibility index (Phi) is 7.27. The number of nitrogens with one attached hydrogen (secondary N) is 2. The molecule has 3 aromatic rings. The third kappa shape index (κ3) is 5.31. The molecule has 37 heavy (non-hydrogen) atoms. The summed E-state index contributed by atoms with van der Waals surface area (Å²) in [6.07, 6.45) is 1.26. The van der Waals surface area contributed by atoms with Crippen LogP contribution in [0.15, 0.2) is 24.4 Å². The first-order valence-corrected chi connectivity index (χ1v) is 12.1. The Morgan fingerprint density at radius 2 is 1.97 bits per heavy atom. The minimum Gasteiger partial charge on any atom is -0.378 e. The van der Waals surface area contributed by atoms with Crippen LogP contribution < -0.4 is 10.6 Å². The van der Waals surface area contributed by atoms with Crippen molar-refractivity contribution in [3.63, 3.8) is 0 Å². The molecule has 0 radical (unpaired) electrons. The van der Waals surface area contributed by atoms with Crippen LogP contribution in [-0.2, 0) is 22.2 Å². The molecule has 2 heterocycles. The van der Waals surface area contributed by atoms with E-state index in [0.717, 1.165) is 24.4 Å². The summed E-state index contributed by atoms with van der Waals surface area (Å²) in [5, 5.41) is 20.2. The van der Waals surface area contributed by atoms with Crippen molar-refractivity contribution < 1.29 is 27.9 Å². The van der Waals surface area contributed by atoms with Crippen molar-refractivity contribution in [1.82, 2.24) is 20.1 Å². The highest BCUT2D eigenvalue weighted by Gasteiger charge is 2.39. The second-order valence-corrected chi connectivity index (χ2v) is 9.91. The van der Waals surface area contributed by atoms with E-state index in [4.69, 9.17) is 0 Å². The monoisotopic (exact) mass is 517 g/mol. The molecule has 0 bridgehead atoms. The molecule has 1 aliphatic carbocycles. The van der Waals surface area contributed by atoms with Crippen LogP contribution in [0.2, 0.25) is 0 Å². The SMILES string of the molecule is CC(=O)N[C@@H]1CCC[C@H](C(=O)Nc2cc(-c3cc(F)c4nn(C)c([C@@](C)(O)C(F)F)c4c3)c(C)cn2)C1. The lowest BCUT2D eigenvalue weighted by Gasteiger charge is -2.28. The van der Waals surface area contributed by atoms with Crippen molar-refractivity contribution in [2.45, 2.75) is 64.5 Å². The number of aliphatic hydroxyl groups is 1. The molecule has 0 saturated heterocycles. The Hall–Kier alpha value is -3.47. The number of carbonyl (C=O) groups excluding carboxylic acids is 2. The maximum Gasteiger partial charge on any atom is 0.272 e. The molecule has 1 aromatic carbocycles. The Labute approximate surface area is 212 Å². The predicted molar refractivity (Wildman–Crippen MR) is 132 cm³/mol. The lowest BCUT2D eigenvalue weighted by Crippen LogP contribution is -2.40. The molecule has 8 nitrogen and oxygen atoms in total. The third-order valence-corrected chi connectivity index (χ3v) is 6.91. The summed E-state index contributed by atoms with van der Waals surface area (Å²) in [6.45, 7) is 4.17. The fourth-order valence-electron chi connectivity index (χ4n) is 5.09. The number of alkyl halides is 2. The van der Waals surface area contributed by atoms with E-state index < -0.39 is 17.8 Å². The number of hydrogen-bond acceptors (Lipinski definition) is 5. The number of fused-ring (bicyclic) bond motifs is 1. The average molecular weight is 518 g/mol. The smallest absolute Gasteiger partial charge is 0.272 e. The van der Waals surface area contributed by atoms with Crippen LogP contribution in [-0.4, -0.2) is 44.2 Å². The molecule has 0 spiro atoms. The molecular weight excluding hydrogens is 487 g/mol. The molecule has 2 amide bonds. The van der Waals surface area contributed by atoms with E-state index in [9.17, 15) is 23.5 Å². The number of amides is 2. The molecule has 3 N–H and O–H groups in total. The molecule has 11 heteroatoms. The molecule has 1 aliphatic rings. The van der Waals surface area contributed by atoms with E-state index in [-0.39, 0.29) is 46.2 Å². The highest BCUT2D eigenvalue weighted by molar-refractivity contribution is 5.93. The van der Waals surface area contributed by atoms with Gasteiger partial charge in [-0.1, -0.05) is 6.42 Å². The van der Waals surface area contributed by atoms with Gasteiger partial charge in [0, 0.05) is 37.5 Å². The summed E-state index contributed by atoms with van der Waals surface area (Å²) in [5.74, 6) is -1.11. The van der Waals surface area contributed by atoms with E-state index in [2.05, 4.69) is 20.7 Å². The Morgan fingerprint density at radius 3 is 2.65 bits per heavy atom. The maximum atomic E-state index is 15.1. The standard InChI is InChI=1S/C26H30F3N5O3/c1-13-12-30-21(32-24(36)15-6-5-7-17(8-15)31-14(2)35)11-18(13)16-9-19-22(20(27)10-16)33-34(4)23(19)26(3,37)25(28)29/h9-12,15,17,25,37H,5-8H2,1-4H3,(H,31,35)(H,30,32,36)/t15-,17+,26+/m0/s1. The summed E-state index contributed by atoms with van der Waals surface area (Å²) in [6, 6.07) is 4.29. The maximum absolute atomic E-state index is 15.1. The number of aryl methyl sites for hydroxylation is 2. The molecule has 0 unspecified atom stereocenters. The second kappa shape index (κ2) is 10.1. The van der Waals surface area contributed by atoms with Crippen LogP contribution in [0.4, 0.5) is 19.0 Å². The van der Waals surface area contributed by atoms with Gasteiger partial charge in [-0.3, -0.25) is 14.3 Å². The number of carbonyl (C=O) groups is 2. The van der Waals surface area contributed by atoms with E-state index in [1.807, 2.05) is 0 Å². The summed E-state index contributed by atoms with van der Waals surface area (Å²) >= 11 is 0. The van der Waals surface area contributed by atoms with Crippen molar-refractivity contribution in [2.75, 3.05) is 5.32 Å². The fourth-order valence-corrected chi connectivity index (χ4v) is 5.09. The Balaban J connectivity index is 1.66. The summed E-state index contributed by atoms with van der Waals surface area (Å²) in [7, 11) is 1.37. The predicted octanol–water partition coefficient (Wildman–Crippen LogP) is 4.19. The van der Waals surface area contributed by atoms with Gasteiger partial charge in [-0.05, 0) is 68.0 Å².